The largest absolute Gasteiger partial charge is 0.396 e. The predicted octanol–water partition coefficient (Wildman–Crippen LogP) is 6.03. The van der Waals surface area contributed by atoms with E-state index in [2.05, 4.69) is 32.9 Å². The van der Waals surface area contributed by atoms with Crippen LogP contribution in [0.1, 0.15) is 97.8 Å². The number of rotatable bonds is 14. The molecule has 0 aromatic carbocycles. The van der Waals surface area contributed by atoms with Crippen LogP contribution in [0.4, 0.5) is 0 Å². The minimum Gasteiger partial charge on any atom is -0.396 e. The average Bonchev–Trinajstić information content (AvgIpc) is 3.22. The molecule has 2 atom stereocenters. The minimum atomic E-state index is 0.313. The zero-order valence-corrected chi connectivity index (χ0v) is 15.9. The van der Waals surface area contributed by atoms with Gasteiger partial charge >= 0.3 is 0 Å². The van der Waals surface area contributed by atoms with Crippen molar-refractivity contribution in [3.05, 3.63) is 12.2 Å². The molecule has 2 nitrogen and oxygen atoms in total. The summed E-state index contributed by atoms with van der Waals surface area (Å²) in [4.78, 5) is 0. The summed E-state index contributed by atoms with van der Waals surface area (Å²) in [5.41, 5.74) is 0.508. The molecule has 0 aromatic rings. The lowest BCUT2D eigenvalue weighted by Crippen LogP contribution is -2.03. The fourth-order valence-corrected chi connectivity index (χ4v) is 3.07. The maximum atomic E-state index is 8.75. The van der Waals surface area contributed by atoms with Crippen molar-refractivity contribution < 1.29 is 9.84 Å². The number of aliphatic hydroxyl groups is 1. The van der Waals surface area contributed by atoms with Gasteiger partial charge in [0, 0.05) is 6.61 Å². The molecule has 1 fully saturated rings. The van der Waals surface area contributed by atoms with Gasteiger partial charge in [-0.3, -0.25) is 0 Å². The van der Waals surface area contributed by atoms with Crippen molar-refractivity contribution in [2.75, 3.05) is 6.61 Å². The van der Waals surface area contributed by atoms with Crippen molar-refractivity contribution in [3.8, 4) is 0 Å². The molecule has 136 valence electrons. The third-order valence-electron chi connectivity index (χ3n) is 4.67. The summed E-state index contributed by atoms with van der Waals surface area (Å²) in [5, 5.41) is 8.75. The Morgan fingerprint density at radius 2 is 1.52 bits per heavy atom. The van der Waals surface area contributed by atoms with E-state index in [-0.39, 0.29) is 0 Å². The van der Waals surface area contributed by atoms with Crippen LogP contribution in [0.15, 0.2) is 12.2 Å². The first kappa shape index (κ1) is 20.7. The van der Waals surface area contributed by atoms with Gasteiger partial charge in [-0.05, 0) is 50.4 Å². The number of aliphatic hydroxyl groups excluding tert-OH is 1. The van der Waals surface area contributed by atoms with Gasteiger partial charge in [-0.2, -0.15) is 0 Å². The van der Waals surface area contributed by atoms with E-state index < -0.39 is 0 Å². The summed E-state index contributed by atoms with van der Waals surface area (Å²) in [7, 11) is 0. The van der Waals surface area contributed by atoms with Gasteiger partial charge in [-0.25, -0.2) is 0 Å². The summed E-state index contributed by atoms with van der Waals surface area (Å²) in [6.45, 7) is 7.32. The summed E-state index contributed by atoms with van der Waals surface area (Å²) in [6.07, 6.45) is 20.7. The van der Waals surface area contributed by atoms with Gasteiger partial charge < -0.3 is 9.84 Å². The van der Waals surface area contributed by atoms with Crippen molar-refractivity contribution >= 4 is 0 Å². The standard InChI is InChI=1S/C21H40O2/c1-21(2,3)17-13-10-8-6-4-5-7-9-11-15-19-20(23-19)16-12-14-18-22/h9,11,19-20,22H,4-8,10,12-18H2,1-3H3. The van der Waals surface area contributed by atoms with Crippen LogP contribution < -0.4 is 0 Å². The van der Waals surface area contributed by atoms with Gasteiger partial charge in [0.05, 0.1) is 12.2 Å². The maximum absolute atomic E-state index is 8.75. The Morgan fingerprint density at radius 1 is 0.826 bits per heavy atom. The number of epoxide rings is 1. The van der Waals surface area contributed by atoms with E-state index in [1.54, 1.807) is 0 Å². The molecule has 1 N–H and O–H groups in total. The zero-order valence-electron chi connectivity index (χ0n) is 15.9. The Bertz CT molecular complexity index is 303. The monoisotopic (exact) mass is 324 g/mol. The van der Waals surface area contributed by atoms with E-state index in [9.17, 15) is 0 Å². The van der Waals surface area contributed by atoms with E-state index in [4.69, 9.17) is 9.84 Å². The topological polar surface area (TPSA) is 32.8 Å². The molecule has 1 rings (SSSR count). The molecule has 1 saturated heterocycles. The third-order valence-corrected chi connectivity index (χ3v) is 4.67. The van der Waals surface area contributed by atoms with Crippen molar-refractivity contribution in [1.82, 2.24) is 0 Å². The normalized spacial score (nSPS) is 21.2. The smallest absolute Gasteiger partial charge is 0.0876 e. The molecule has 23 heavy (non-hydrogen) atoms. The fraction of sp³-hybridized carbons (Fsp3) is 0.905. The lowest BCUT2D eigenvalue weighted by Gasteiger charge is -2.17. The van der Waals surface area contributed by atoms with Crippen LogP contribution in [-0.4, -0.2) is 23.9 Å². The highest BCUT2D eigenvalue weighted by atomic mass is 16.6. The zero-order chi connectivity index (χ0) is 17.0. The molecule has 0 radical (unpaired) electrons. The maximum Gasteiger partial charge on any atom is 0.0876 e. The summed E-state index contributed by atoms with van der Waals surface area (Å²) < 4.78 is 5.64. The quantitative estimate of drug-likeness (QED) is 0.240. The second kappa shape index (κ2) is 12.1. The van der Waals surface area contributed by atoms with Crippen molar-refractivity contribution in [2.45, 2.75) is 110 Å². The molecule has 1 aliphatic heterocycles. The van der Waals surface area contributed by atoms with Crippen LogP contribution >= 0.6 is 0 Å². The van der Waals surface area contributed by atoms with Crippen LogP contribution in [0, 0.1) is 5.41 Å². The van der Waals surface area contributed by atoms with E-state index in [1.807, 2.05) is 0 Å². The molecule has 0 aliphatic carbocycles. The van der Waals surface area contributed by atoms with Crippen LogP contribution in [0.5, 0.6) is 0 Å². The van der Waals surface area contributed by atoms with Gasteiger partial charge in [0.1, 0.15) is 0 Å². The van der Waals surface area contributed by atoms with Gasteiger partial charge in [-0.1, -0.05) is 65.0 Å². The van der Waals surface area contributed by atoms with E-state index in [1.165, 1.54) is 51.4 Å². The van der Waals surface area contributed by atoms with Crippen molar-refractivity contribution in [1.29, 1.82) is 0 Å². The number of allylic oxidation sites excluding steroid dienone is 1. The Hall–Kier alpha value is -0.340. The molecular formula is C21H40O2. The van der Waals surface area contributed by atoms with Crippen molar-refractivity contribution in [3.63, 3.8) is 0 Å². The summed E-state index contributed by atoms with van der Waals surface area (Å²) in [6, 6.07) is 0. The molecule has 0 bridgehead atoms. The van der Waals surface area contributed by atoms with E-state index in [0.29, 0.717) is 24.2 Å². The first-order chi connectivity index (χ1) is 11.0. The molecule has 2 heteroatoms. The molecule has 0 aromatic heterocycles. The van der Waals surface area contributed by atoms with Gasteiger partial charge in [0.15, 0.2) is 0 Å². The Labute approximate surface area is 144 Å². The molecule has 0 amide bonds. The van der Waals surface area contributed by atoms with Gasteiger partial charge in [-0.15, -0.1) is 0 Å². The van der Waals surface area contributed by atoms with E-state index >= 15 is 0 Å². The molecule has 0 spiro atoms. The molecular weight excluding hydrogens is 284 g/mol. The predicted molar refractivity (Wildman–Crippen MR) is 99.7 cm³/mol. The highest BCUT2D eigenvalue weighted by molar-refractivity contribution is 4.93. The Kier molecular flexibility index (Phi) is 10.9. The number of unbranched alkanes of at least 4 members (excludes halogenated alkanes) is 7. The molecule has 1 heterocycles. The fourth-order valence-electron chi connectivity index (χ4n) is 3.07. The van der Waals surface area contributed by atoms with E-state index in [0.717, 1.165) is 25.7 Å². The molecule has 2 unspecified atom stereocenters. The summed E-state index contributed by atoms with van der Waals surface area (Å²) >= 11 is 0. The first-order valence-electron chi connectivity index (χ1n) is 9.94. The molecule has 0 saturated carbocycles. The number of hydrogen-bond donors (Lipinski definition) is 1. The summed E-state index contributed by atoms with van der Waals surface area (Å²) in [5.74, 6) is 0. The van der Waals surface area contributed by atoms with Crippen molar-refractivity contribution in [2.24, 2.45) is 5.41 Å². The van der Waals surface area contributed by atoms with Crippen LogP contribution in [0.3, 0.4) is 0 Å². The van der Waals surface area contributed by atoms with Crippen LogP contribution in [-0.2, 0) is 4.74 Å². The first-order valence-corrected chi connectivity index (χ1v) is 9.94. The Balaban J connectivity index is 1.80. The lowest BCUT2D eigenvalue weighted by atomic mass is 9.89. The highest BCUT2D eigenvalue weighted by Gasteiger charge is 2.36. The average molecular weight is 325 g/mol. The second-order valence-electron chi connectivity index (χ2n) is 8.36. The molecule has 1 aliphatic rings. The van der Waals surface area contributed by atoms with Gasteiger partial charge in [0.25, 0.3) is 0 Å². The third kappa shape index (κ3) is 12.7. The number of hydrogen-bond acceptors (Lipinski definition) is 2. The van der Waals surface area contributed by atoms with Crippen LogP contribution in [0.2, 0.25) is 0 Å². The van der Waals surface area contributed by atoms with Gasteiger partial charge in [0.2, 0.25) is 0 Å². The lowest BCUT2D eigenvalue weighted by molar-refractivity contribution is 0.278. The minimum absolute atomic E-state index is 0.313. The number of ether oxygens (including phenoxy) is 1. The SMILES string of the molecule is CC(C)(C)CCCCCCCCC=CCC1OC1CCCCO. The highest BCUT2D eigenvalue weighted by Crippen LogP contribution is 2.30. The van der Waals surface area contributed by atoms with Crippen LogP contribution in [0.25, 0.3) is 0 Å². The second-order valence-corrected chi connectivity index (χ2v) is 8.36. The Morgan fingerprint density at radius 3 is 2.22 bits per heavy atom.